The smallest absolute Gasteiger partial charge is 0.464 e. The molecule has 1 aliphatic heterocycles. The highest BCUT2D eigenvalue weighted by Gasteiger charge is 2.77. The predicted molar refractivity (Wildman–Crippen MR) is 160 cm³/mol. The van der Waals surface area contributed by atoms with Crippen molar-refractivity contribution in [3.63, 3.8) is 0 Å². The molecule has 0 amide bonds. The quantitative estimate of drug-likeness (QED) is 0.131. The van der Waals surface area contributed by atoms with Crippen LogP contribution in [0, 0.1) is 38.7 Å². The molecule has 16 heteroatoms. The van der Waals surface area contributed by atoms with Crippen LogP contribution in [0.1, 0.15) is 59.8 Å². The summed E-state index contributed by atoms with van der Waals surface area (Å²) in [6, 6.07) is -1.35. The van der Waals surface area contributed by atoms with Crippen LogP contribution in [0.2, 0.25) is 0 Å². The third-order valence-corrected chi connectivity index (χ3v) is 10.9. The zero-order valence-corrected chi connectivity index (χ0v) is 27.4. The van der Waals surface area contributed by atoms with Gasteiger partial charge in [0.2, 0.25) is 5.78 Å². The zero-order chi connectivity index (χ0) is 35.2. The van der Waals surface area contributed by atoms with Crippen molar-refractivity contribution in [1.29, 1.82) is 0 Å². The number of aliphatic hydroxyl groups excluding tert-OH is 1. The number of carbonyl (C=O) groups excluding carboxylic acids is 4. The molecule has 0 spiro atoms. The summed E-state index contributed by atoms with van der Waals surface area (Å²) >= 11 is 0. The van der Waals surface area contributed by atoms with Gasteiger partial charge < -0.3 is 39.4 Å². The minimum atomic E-state index is -1.64. The molecule has 15 nitrogen and oxygen atoms in total. The Morgan fingerprint density at radius 1 is 1.15 bits per heavy atom. The van der Waals surface area contributed by atoms with Gasteiger partial charge in [0, 0.05) is 16.7 Å². The van der Waals surface area contributed by atoms with Crippen LogP contribution in [0.4, 0.5) is 9.18 Å². The van der Waals surface area contributed by atoms with Crippen LogP contribution in [0.5, 0.6) is 0 Å². The van der Waals surface area contributed by atoms with E-state index in [2.05, 4.69) is 4.84 Å². The number of unbranched alkanes of at least 4 members (excludes halogenated alkanes) is 1. The van der Waals surface area contributed by atoms with Gasteiger partial charge >= 0.3 is 12.1 Å². The molecule has 4 aliphatic carbocycles. The van der Waals surface area contributed by atoms with Gasteiger partial charge in [-0.1, -0.05) is 19.9 Å². The van der Waals surface area contributed by atoms with Crippen LogP contribution in [-0.4, -0.2) is 96.1 Å². The van der Waals surface area contributed by atoms with Gasteiger partial charge in [0.25, 0.3) is 5.09 Å². The Kier molecular flexibility index (Phi) is 9.78. The molecule has 0 aromatic rings. The number of esters is 1. The van der Waals surface area contributed by atoms with E-state index >= 15 is 4.39 Å². The normalized spacial score (nSPS) is 38.0. The van der Waals surface area contributed by atoms with Gasteiger partial charge in [-0.25, -0.2) is 9.18 Å². The molecule has 5 aliphatic rings. The van der Waals surface area contributed by atoms with E-state index in [-0.39, 0.29) is 56.5 Å². The molecular weight excluding hydrogens is 639 g/mol. The first-order valence-corrected chi connectivity index (χ1v) is 16.1. The lowest BCUT2D eigenvalue weighted by molar-refractivity contribution is -0.757. The van der Waals surface area contributed by atoms with E-state index in [9.17, 15) is 34.4 Å². The zero-order valence-electron chi connectivity index (χ0n) is 27.4. The summed E-state index contributed by atoms with van der Waals surface area (Å²) in [6.45, 7) is 5.39. The second-order valence-corrected chi connectivity index (χ2v) is 14.2. The second kappa shape index (κ2) is 13.1. The van der Waals surface area contributed by atoms with E-state index in [1.807, 2.05) is 13.8 Å². The molecule has 266 valence electrons. The Labute approximate surface area is 276 Å². The minimum Gasteiger partial charge on any atom is -0.464 e. The molecule has 3 saturated carbocycles. The van der Waals surface area contributed by atoms with Crippen molar-refractivity contribution in [3.05, 3.63) is 33.9 Å². The molecule has 0 radical (unpaired) electrons. The number of carbonyl (C=O) groups is 4. The number of nitrogens with zero attached hydrogens (tertiary/aromatic N) is 1. The van der Waals surface area contributed by atoms with E-state index in [1.54, 1.807) is 19.9 Å². The largest absolute Gasteiger partial charge is 0.508 e. The van der Waals surface area contributed by atoms with Crippen molar-refractivity contribution in [2.24, 2.45) is 34.3 Å². The maximum atomic E-state index is 15.8. The number of fused-ring (bicyclic) bond motifs is 7. The molecule has 0 aromatic carbocycles. The van der Waals surface area contributed by atoms with Crippen LogP contribution >= 0.6 is 0 Å². The van der Waals surface area contributed by atoms with Crippen LogP contribution < -0.4 is 5.73 Å². The third kappa shape index (κ3) is 6.23. The summed E-state index contributed by atoms with van der Waals surface area (Å²) in [4.78, 5) is 65.1. The number of allylic oxidation sites excluding steroid dienone is 4. The van der Waals surface area contributed by atoms with Crippen molar-refractivity contribution < 1.29 is 62.3 Å². The Morgan fingerprint density at radius 2 is 1.85 bits per heavy atom. The highest BCUT2D eigenvalue weighted by atomic mass is 19.1. The number of hydrogen-bond donors (Lipinski definition) is 2. The average Bonchev–Trinajstić information content (AvgIpc) is 3.42. The number of rotatable bonds is 12. The van der Waals surface area contributed by atoms with Gasteiger partial charge in [-0.3, -0.25) is 14.4 Å². The minimum absolute atomic E-state index is 0.0619. The van der Waals surface area contributed by atoms with Crippen molar-refractivity contribution in [3.8, 4) is 0 Å². The predicted octanol–water partition coefficient (Wildman–Crippen LogP) is 2.29. The molecular formula is C32H43FN2O13. The molecule has 5 rings (SSSR count). The average molecular weight is 683 g/mol. The number of alkyl halides is 1. The number of nitrogens with two attached hydrogens (primary N) is 1. The Balaban J connectivity index is 1.23. The third-order valence-electron chi connectivity index (χ3n) is 10.9. The Morgan fingerprint density at radius 3 is 2.56 bits per heavy atom. The van der Waals surface area contributed by atoms with E-state index in [0.717, 1.165) is 0 Å². The van der Waals surface area contributed by atoms with Gasteiger partial charge in [-0.05, 0) is 75.5 Å². The van der Waals surface area contributed by atoms with Gasteiger partial charge in [0.05, 0.1) is 25.4 Å². The fourth-order valence-electron chi connectivity index (χ4n) is 9.05. The lowest BCUT2D eigenvalue weighted by atomic mass is 9.46. The SMILES string of the molecule is CC1(C)O[C@@H]2C[C@H]3[C@@H]4C[C@H](F)C5=CC(=O)C=C[C@]5(C)[C@H]4[C@@H](O)C[C@]3(C)[C@]2(C(=O)COC(=O)OCC(N)C(=O)OCCCCO[N+](=O)[O-])O1. The molecule has 3 N–H and O–H groups in total. The first kappa shape index (κ1) is 35.8. The summed E-state index contributed by atoms with van der Waals surface area (Å²) in [5.41, 5.74) is 2.52. The number of aliphatic hydroxyl groups is 1. The first-order chi connectivity index (χ1) is 22.4. The number of hydrogen-bond acceptors (Lipinski definition) is 14. The molecule has 1 unspecified atom stereocenters. The van der Waals surface area contributed by atoms with E-state index in [1.165, 1.54) is 12.2 Å². The molecule has 48 heavy (non-hydrogen) atoms. The summed E-state index contributed by atoms with van der Waals surface area (Å²) in [7, 11) is 0. The van der Waals surface area contributed by atoms with Crippen LogP contribution in [-0.2, 0) is 42.9 Å². The summed E-state index contributed by atoms with van der Waals surface area (Å²) < 4.78 is 43.5. The first-order valence-electron chi connectivity index (χ1n) is 16.1. The number of Topliss-reactive ketones (excluding diaryl/α,β-unsaturated/α-hetero) is 1. The maximum absolute atomic E-state index is 15.8. The molecule has 1 saturated heterocycles. The van der Waals surface area contributed by atoms with Crippen molar-refractivity contribution >= 4 is 23.7 Å². The summed E-state index contributed by atoms with van der Waals surface area (Å²) in [5, 5.41) is 21.0. The van der Waals surface area contributed by atoms with Gasteiger partial charge in [0.1, 0.15) is 18.8 Å². The van der Waals surface area contributed by atoms with Gasteiger partial charge in [-0.15, -0.1) is 10.1 Å². The summed E-state index contributed by atoms with van der Waals surface area (Å²) in [6.07, 6.45) is 1.06. The van der Waals surface area contributed by atoms with Crippen molar-refractivity contribution in [1.82, 2.24) is 0 Å². The number of ketones is 2. The topological polar surface area (TPSA) is 213 Å². The van der Waals surface area contributed by atoms with Gasteiger partial charge in [0.15, 0.2) is 23.8 Å². The lowest BCUT2D eigenvalue weighted by Gasteiger charge is -2.60. The fourth-order valence-corrected chi connectivity index (χ4v) is 9.05. The molecule has 0 aromatic heterocycles. The summed E-state index contributed by atoms with van der Waals surface area (Å²) in [5.74, 6) is -4.07. The van der Waals surface area contributed by atoms with Crippen LogP contribution in [0.3, 0.4) is 0 Å². The van der Waals surface area contributed by atoms with Crippen molar-refractivity contribution in [2.45, 2.75) is 95.6 Å². The van der Waals surface area contributed by atoms with Crippen LogP contribution in [0.15, 0.2) is 23.8 Å². The lowest BCUT2D eigenvalue weighted by Crippen LogP contribution is -2.64. The Bertz CT molecular complexity index is 1400. The van der Waals surface area contributed by atoms with E-state index in [0.29, 0.717) is 12.0 Å². The molecule has 1 heterocycles. The van der Waals surface area contributed by atoms with Crippen LogP contribution in [0.25, 0.3) is 0 Å². The Hall–Kier alpha value is -3.47. The maximum Gasteiger partial charge on any atom is 0.508 e. The van der Waals surface area contributed by atoms with E-state index < -0.39 is 88.8 Å². The highest BCUT2D eigenvalue weighted by Crippen LogP contribution is 2.70. The standard InChI is InChI=1S/C32H43FN2O13/c1-29(2)47-25-13-19-18-12-21(33)20-11-17(36)7-8-30(20,3)26(18)23(37)14-31(19,4)32(25,48-29)24(38)16-45-28(40)44-15-22(34)27(39)43-9-5-6-10-46-35(41)42/h7-8,11,18-19,21-23,25-26,37H,5-6,9-10,12-16,34H2,1-4H3/t18-,19-,21-,22?,23-,25+,26+,30-,31-,32+/m0/s1. The molecule has 4 fully saturated rings. The number of ether oxygens (including phenoxy) is 5. The monoisotopic (exact) mass is 682 g/mol. The van der Waals surface area contributed by atoms with E-state index in [4.69, 9.17) is 29.4 Å². The van der Waals surface area contributed by atoms with Gasteiger partial charge in [-0.2, -0.15) is 0 Å². The van der Waals surface area contributed by atoms with Crippen molar-refractivity contribution in [2.75, 3.05) is 26.4 Å². The highest BCUT2D eigenvalue weighted by molar-refractivity contribution is 6.01. The molecule has 0 bridgehead atoms. The fraction of sp³-hybridized carbons (Fsp3) is 0.750. The second-order valence-electron chi connectivity index (χ2n) is 14.2. The number of halogens is 1. The molecule has 10 atom stereocenters.